The van der Waals surface area contributed by atoms with Gasteiger partial charge in [0, 0.05) is 11.3 Å². The van der Waals surface area contributed by atoms with E-state index >= 15 is 0 Å². The van der Waals surface area contributed by atoms with E-state index in [1.807, 2.05) is 13.8 Å². The van der Waals surface area contributed by atoms with E-state index in [0.717, 1.165) is 11.3 Å². The van der Waals surface area contributed by atoms with Gasteiger partial charge < -0.3 is 5.32 Å². The lowest BCUT2D eigenvalue weighted by atomic mass is 9.89. The molecule has 3 heteroatoms. The lowest BCUT2D eigenvalue weighted by Crippen LogP contribution is -2.40. The van der Waals surface area contributed by atoms with Gasteiger partial charge in [0.25, 0.3) is 0 Å². The molecule has 72 valence electrons. The summed E-state index contributed by atoms with van der Waals surface area (Å²) < 4.78 is 0. The van der Waals surface area contributed by atoms with Gasteiger partial charge in [-0.15, -0.1) is 0 Å². The predicted molar refractivity (Wildman–Crippen MR) is 49.9 cm³/mol. The molecule has 0 fully saturated rings. The largest absolute Gasteiger partial charge is 0.329 e. The van der Waals surface area contributed by atoms with Crippen LogP contribution in [0.4, 0.5) is 0 Å². The highest BCUT2D eigenvalue weighted by atomic mass is 16.2. The molecule has 0 bridgehead atoms. The molecule has 0 aliphatic carbocycles. The Kier molecular flexibility index (Phi) is 2.86. The number of carbonyl (C=O) groups excluding carboxylic acids is 2. The average Bonchev–Trinajstić information content (AvgIpc) is 2.04. The lowest BCUT2D eigenvalue weighted by molar-refractivity contribution is -0.133. The number of ketones is 1. The van der Waals surface area contributed by atoms with Crippen molar-refractivity contribution in [2.45, 2.75) is 33.6 Å². The summed E-state index contributed by atoms with van der Waals surface area (Å²) in [5.41, 5.74) is 1.49. The number of nitrogens with one attached hydrogen (secondary N) is 1. The fraction of sp³-hybridized carbons (Fsp3) is 0.600. The van der Waals surface area contributed by atoms with E-state index < -0.39 is 5.92 Å². The lowest BCUT2D eigenvalue weighted by Gasteiger charge is -2.23. The number of hydrogen-bond donors (Lipinski definition) is 1. The molecular formula is C10H15NO2. The van der Waals surface area contributed by atoms with Crippen LogP contribution in [0.25, 0.3) is 0 Å². The van der Waals surface area contributed by atoms with Crippen molar-refractivity contribution in [1.82, 2.24) is 5.32 Å². The van der Waals surface area contributed by atoms with Crippen molar-refractivity contribution < 1.29 is 9.59 Å². The van der Waals surface area contributed by atoms with Crippen LogP contribution in [0.3, 0.4) is 0 Å². The van der Waals surface area contributed by atoms with Crippen LogP contribution in [0.2, 0.25) is 0 Å². The van der Waals surface area contributed by atoms with E-state index in [1.165, 1.54) is 0 Å². The minimum absolute atomic E-state index is 0.00579. The summed E-state index contributed by atoms with van der Waals surface area (Å²) in [6.07, 6.45) is 1.28. The Morgan fingerprint density at radius 1 is 1.31 bits per heavy atom. The molecule has 0 radical (unpaired) electrons. The zero-order valence-electron chi connectivity index (χ0n) is 8.31. The van der Waals surface area contributed by atoms with E-state index in [4.69, 9.17) is 0 Å². The van der Waals surface area contributed by atoms with Crippen molar-refractivity contribution >= 4 is 11.7 Å². The Balaban J connectivity index is 3.02. The molecule has 0 saturated heterocycles. The zero-order valence-corrected chi connectivity index (χ0v) is 8.31. The van der Waals surface area contributed by atoms with Gasteiger partial charge in [-0.2, -0.15) is 0 Å². The Morgan fingerprint density at radius 2 is 1.92 bits per heavy atom. The van der Waals surface area contributed by atoms with Crippen molar-refractivity contribution in [1.29, 1.82) is 0 Å². The maximum Gasteiger partial charge on any atom is 0.235 e. The van der Waals surface area contributed by atoms with Gasteiger partial charge in [0.05, 0.1) is 0 Å². The number of Topliss-reactive ketones (excluding diaryl/α,β-unsaturated/α-hetero) is 1. The van der Waals surface area contributed by atoms with Crippen molar-refractivity contribution in [3.63, 3.8) is 0 Å². The van der Waals surface area contributed by atoms with Crippen LogP contribution in [0.15, 0.2) is 11.3 Å². The van der Waals surface area contributed by atoms with E-state index in [-0.39, 0.29) is 11.7 Å². The summed E-state index contributed by atoms with van der Waals surface area (Å²) in [5.74, 6) is -0.605. The summed E-state index contributed by atoms with van der Waals surface area (Å²) >= 11 is 0. The van der Waals surface area contributed by atoms with Crippen LogP contribution in [0.1, 0.15) is 33.6 Å². The van der Waals surface area contributed by atoms with Gasteiger partial charge in [0.15, 0.2) is 5.78 Å². The highest BCUT2D eigenvalue weighted by molar-refractivity contribution is 6.12. The Labute approximate surface area is 78.2 Å². The first-order valence-corrected chi connectivity index (χ1v) is 4.66. The van der Waals surface area contributed by atoms with Crippen LogP contribution < -0.4 is 5.32 Å². The Bertz CT molecular complexity index is 279. The molecule has 1 amide bonds. The fourth-order valence-electron chi connectivity index (χ4n) is 1.67. The van der Waals surface area contributed by atoms with Crippen LogP contribution in [-0.2, 0) is 9.59 Å². The minimum atomic E-state index is -0.460. The molecule has 0 aromatic heterocycles. The molecule has 1 heterocycles. The van der Waals surface area contributed by atoms with Gasteiger partial charge in [0.2, 0.25) is 5.91 Å². The highest BCUT2D eigenvalue weighted by Crippen LogP contribution is 2.21. The molecule has 0 aromatic rings. The monoisotopic (exact) mass is 181 g/mol. The van der Waals surface area contributed by atoms with Crippen LogP contribution in [0, 0.1) is 5.92 Å². The van der Waals surface area contributed by atoms with E-state index in [0.29, 0.717) is 12.8 Å². The third-order valence-corrected chi connectivity index (χ3v) is 2.46. The molecule has 1 aliphatic heterocycles. The number of hydrogen-bond acceptors (Lipinski definition) is 2. The quantitative estimate of drug-likeness (QED) is 0.654. The molecule has 0 spiro atoms. The first kappa shape index (κ1) is 9.96. The zero-order chi connectivity index (χ0) is 10.0. The molecule has 3 nitrogen and oxygen atoms in total. The number of rotatable bonds is 2. The highest BCUT2D eigenvalue weighted by Gasteiger charge is 2.32. The van der Waals surface area contributed by atoms with Crippen molar-refractivity contribution in [3.8, 4) is 0 Å². The molecular weight excluding hydrogens is 166 g/mol. The van der Waals surface area contributed by atoms with Gasteiger partial charge in [-0.1, -0.05) is 13.8 Å². The van der Waals surface area contributed by atoms with Gasteiger partial charge in [-0.25, -0.2) is 0 Å². The smallest absolute Gasteiger partial charge is 0.235 e. The molecule has 13 heavy (non-hydrogen) atoms. The van der Waals surface area contributed by atoms with Gasteiger partial charge in [-0.3, -0.25) is 9.59 Å². The topological polar surface area (TPSA) is 46.2 Å². The van der Waals surface area contributed by atoms with Crippen molar-refractivity contribution in [2.24, 2.45) is 5.92 Å². The number of amides is 1. The molecule has 0 aromatic carbocycles. The summed E-state index contributed by atoms with van der Waals surface area (Å²) in [4.78, 5) is 23.0. The second-order valence-corrected chi connectivity index (χ2v) is 3.27. The Morgan fingerprint density at radius 3 is 2.38 bits per heavy atom. The Hall–Kier alpha value is -1.12. The molecule has 1 unspecified atom stereocenters. The van der Waals surface area contributed by atoms with Crippen LogP contribution in [0.5, 0.6) is 0 Å². The first-order chi connectivity index (χ1) is 6.11. The van der Waals surface area contributed by atoms with Gasteiger partial charge >= 0.3 is 0 Å². The molecule has 1 atom stereocenters. The summed E-state index contributed by atoms with van der Waals surface area (Å²) in [6.45, 7) is 5.57. The average molecular weight is 181 g/mol. The normalized spacial score (nSPS) is 23.5. The van der Waals surface area contributed by atoms with E-state index in [2.05, 4.69) is 5.32 Å². The first-order valence-electron chi connectivity index (χ1n) is 4.66. The summed E-state index contributed by atoms with van der Waals surface area (Å²) in [5, 5.41) is 2.73. The van der Waals surface area contributed by atoms with Crippen LogP contribution >= 0.6 is 0 Å². The van der Waals surface area contributed by atoms with E-state index in [9.17, 15) is 9.59 Å². The SMILES string of the molecule is CCC1=C(C)NC(=O)C(CC)C1=O. The third kappa shape index (κ3) is 1.64. The molecule has 1 aliphatic rings. The van der Waals surface area contributed by atoms with Crippen molar-refractivity contribution in [2.75, 3.05) is 0 Å². The standard InChI is InChI=1S/C10H15NO2/c1-4-7-6(3)11-10(13)8(5-2)9(7)12/h8H,4-5H2,1-3H3,(H,11,13). The van der Waals surface area contributed by atoms with E-state index in [1.54, 1.807) is 6.92 Å². The number of carbonyl (C=O) groups is 2. The maximum atomic E-state index is 11.7. The van der Waals surface area contributed by atoms with Gasteiger partial charge in [-0.05, 0) is 19.8 Å². The summed E-state index contributed by atoms with van der Waals surface area (Å²) in [7, 11) is 0. The molecule has 0 saturated carbocycles. The minimum Gasteiger partial charge on any atom is -0.329 e. The third-order valence-electron chi connectivity index (χ3n) is 2.46. The summed E-state index contributed by atoms with van der Waals surface area (Å²) in [6, 6.07) is 0. The molecule has 1 N–H and O–H groups in total. The maximum absolute atomic E-state index is 11.7. The molecule has 1 rings (SSSR count). The fourth-order valence-corrected chi connectivity index (χ4v) is 1.67. The predicted octanol–water partition coefficient (Wildman–Crippen LogP) is 1.40. The number of allylic oxidation sites excluding steroid dienone is 2. The van der Waals surface area contributed by atoms with Gasteiger partial charge in [0.1, 0.15) is 5.92 Å². The van der Waals surface area contributed by atoms with Crippen LogP contribution in [-0.4, -0.2) is 11.7 Å². The van der Waals surface area contributed by atoms with Crippen molar-refractivity contribution in [3.05, 3.63) is 11.3 Å². The second-order valence-electron chi connectivity index (χ2n) is 3.27. The second kappa shape index (κ2) is 3.73.